The van der Waals surface area contributed by atoms with E-state index in [1.807, 2.05) is 30.3 Å². The predicted octanol–water partition coefficient (Wildman–Crippen LogP) is 3.61. The largest absolute Gasteiger partial charge is 0.229 e. The molecule has 0 saturated carbocycles. The molecule has 0 aliphatic rings. The summed E-state index contributed by atoms with van der Waals surface area (Å²) in [7, 11) is 0. The zero-order chi connectivity index (χ0) is 15.6. The predicted molar refractivity (Wildman–Crippen MR) is 91.1 cm³/mol. The average molecular weight is 361 g/mol. The van der Waals surface area contributed by atoms with E-state index in [-0.39, 0.29) is 0 Å². The first kappa shape index (κ1) is 14.6. The molecule has 0 spiro atoms. The first-order valence-corrected chi connectivity index (χ1v) is 8.80. The van der Waals surface area contributed by atoms with Gasteiger partial charge in [0.2, 0.25) is 0 Å². The van der Waals surface area contributed by atoms with Crippen molar-refractivity contribution in [1.82, 2.24) is 29.3 Å². The second-order valence-electron chi connectivity index (χ2n) is 4.59. The van der Waals surface area contributed by atoms with E-state index < -0.39 is 0 Å². The fourth-order valence-electron chi connectivity index (χ4n) is 2.12. The van der Waals surface area contributed by atoms with Gasteiger partial charge in [-0.05, 0) is 12.1 Å². The Morgan fingerprint density at radius 1 is 1.17 bits per heavy atom. The lowest BCUT2D eigenvalue weighted by Crippen LogP contribution is -1.97. The monoisotopic (exact) mass is 360 g/mol. The van der Waals surface area contributed by atoms with E-state index in [0.29, 0.717) is 10.1 Å². The summed E-state index contributed by atoms with van der Waals surface area (Å²) in [5, 5.41) is 10.2. The lowest BCUT2D eigenvalue weighted by Gasteiger charge is -2.03. The van der Waals surface area contributed by atoms with Gasteiger partial charge in [-0.25, -0.2) is 14.6 Å². The van der Waals surface area contributed by atoms with Gasteiger partial charge < -0.3 is 0 Å². The summed E-state index contributed by atoms with van der Waals surface area (Å²) < 4.78 is 6.25. The molecule has 23 heavy (non-hydrogen) atoms. The molecule has 4 aromatic rings. The van der Waals surface area contributed by atoms with Gasteiger partial charge in [0.1, 0.15) is 21.4 Å². The third kappa shape index (κ3) is 2.80. The van der Waals surface area contributed by atoms with E-state index in [4.69, 9.17) is 11.6 Å². The van der Waals surface area contributed by atoms with Gasteiger partial charge in [-0.1, -0.05) is 46.1 Å². The van der Waals surface area contributed by atoms with Crippen LogP contribution in [0.3, 0.4) is 0 Å². The lowest BCUT2D eigenvalue weighted by atomic mass is 10.3. The summed E-state index contributed by atoms with van der Waals surface area (Å²) in [5.74, 6) is 0.609. The number of nitrogens with zero attached hydrogens (tertiary/aromatic N) is 6. The second kappa shape index (κ2) is 6.23. The molecule has 0 aliphatic carbocycles. The van der Waals surface area contributed by atoms with Crippen molar-refractivity contribution in [3.8, 4) is 5.69 Å². The van der Waals surface area contributed by atoms with Crippen LogP contribution in [0, 0.1) is 0 Å². The summed E-state index contributed by atoms with van der Waals surface area (Å²) in [6.07, 6.45) is 3.33. The highest BCUT2D eigenvalue weighted by molar-refractivity contribution is 7.98. The van der Waals surface area contributed by atoms with Crippen molar-refractivity contribution >= 4 is 45.9 Å². The van der Waals surface area contributed by atoms with Crippen molar-refractivity contribution in [2.75, 3.05) is 0 Å². The van der Waals surface area contributed by atoms with Gasteiger partial charge in [0, 0.05) is 17.3 Å². The minimum Gasteiger partial charge on any atom is -0.229 e. The summed E-state index contributed by atoms with van der Waals surface area (Å²) in [5.41, 5.74) is 2.50. The molecule has 9 heteroatoms. The molecular formula is C14H9ClN6S2. The Morgan fingerprint density at radius 2 is 2.04 bits per heavy atom. The highest BCUT2D eigenvalue weighted by atomic mass is 35.5. The molecule has 114 valence electrons. The maximum absolute atomic E-state index is 6.04. The summed E-state index contributed by atoms with van der Waals surface area (Å²) >= 11 is 8.77. The van der Waals surface area contributed by atoms with Crippen molar-refractivity contribution in [2.45, 2.75) is 10.8 Å². The van der Waals surface area contributed by atoms with Gasteiger partial charge in [0.15, 0.2) is 5.65 Å². The van der Waals surface area contributed by atoms with E-state index in [2.05, 4.69) is 24.7 Å². The minimum absolute atomic E-state index is 0.609. The highest BCUT2D eigenvalue weighted by Crippen LogP contribution is 2.30. The van der Waals surface area contributed by atoms with Crippen LogP contribution in [0.4, 0.5) is 0 Å². The van der Waals surface area contributed by atoms with Crippen LogP contribution >= 0.6 is 34.9 Å². The zero-order valence-electron chi connectivity index (χ0n) is 11.6. The van der Waals surface area contributed by atoms with Gasteiger partial charge in [-0.15, -0.1) is 5.10 Å². The molecule has 3 heterocycles. The molecule has 0 saturated heterocycles. The Hall–Kier alpha value is -2.03. The summed E-state index contributed by atoms with van der Waals surface area (Å²) in [6, 6.07) is 9.88. The van der Waals surface area contributed by atoms with Crippen LogP contribution in [-0.4, -0.2) is 29.3 Å². The minimum atomic E-state index is 0.609. The SMILES string of the molecule is Clc1snnc1CSc1ncnc2c1cnn2-c1ccccc1. The molecule has 0 bridgehead atoms. The molecule has 0 amide bonds. The molecule has 1 aromatic carbocycles. The normalized spacial score (nSPS) is 11.2. The van der Waals surface area contributed by atoms with Crippen LogP contribution in [0.15, 0.2) is 47.9 Å². The zero-order valence-corrected chi connectivity index (χ0v) is 14.0. The number of aromatic nitrogens is 6. The number of rotatable bonds is 4. The summed E-state index contributed by atoms with van der Waals surface area (Å²) in [6.45, 7) is 0. The maximum atomic E-state index is 6.04. The number of hydrogen-bond donors (Lipinski definition) is 0. The molecule has 6 nitrogen and oxygen atoms in total. The van der Waals surface area contributed by atoms with Gasteiger partial charge >= 0.3 is 0 Å². The van der Waals surface area contributed by atoms with Crippen LogP contribution in [-0.2, 0) is 5.75 Å². The maximum Gasteiger partial charge on any atom is 0.167 e. The Labute approximate surface area is 144 Å². The number of para-hydroxylation sites is 1. The van der Waals surface area contributed by atoms with E-state index >= 15 is 0 Å². The second-order valence-corrected chi connectivity index (χ2v) is 6.91. The van der Waals surface area contributed by atoms with Gasteiger partial charge in [0.05, 0.1) is 17.3 Å². The van der Waals surface area contributed by atoms with Crippen LogP contribution in [0.25, 0.3) is 16.7 Å². The number of benzene rings is 1. The Balaban J connectivity index is 1.69. The van der Waals surface area contributed by atoms with Crippen LogP contribution < -0.4 is 0 Å². The van der Waals surface area contributed by atoms with Crippen LogP contribution in [0.2, 0.25) is 4.34 Å². The molecule has 0 N–H and O–H groups in total. The van der Waals surface area contributed by atoms with E-state index in [9.17, 15) is 0 Å². The molecule has 3 aromatic heterocycles. The van der Waals surface area contributed by atoms with E-state index in [1.54, 1.807) is 29.0 Å². The fourth-order valence-corrected chi connectivity index (χ4v) is 3.81. The highest BCUT2D eigenvalue weighted by Gasteiger charge is 2.13. The number of fused-ring (bicyclic) bond motifs is 1. The Bertz CT molecular complexity index is 952. The number of halogens is 1. The van der Waals surface area contributed by atoms with Gasteiger partial charge in [0.25, 0.3) is 0 Å². The summed E-state index contributed by atoms with van der Waals surface area (Å²) in [4.78, 5) is 8.72. The van der Waals surface area contributed by atoms with Crippen LogP contribution in [0.1, 0.15) is 5.69 Å². The van der Waals surface area contributed by atoms with Crippen molar-refractivity contribution in [2.24, 2.45) is 0 Å². The molecule has 0 fully saturated rings. The number of hydrogen-bond acceptors (Lipinski definition) is 7. The van der Waals surface area contributed by atoms with Crippen molar-refractivity contribution in [3.05, 3.63) is 52.9 Å². The third-order valence-corrected chi connectivity index (χ3v) is 5.19. The van der Waals surface area contributed by atoms with Gasteiger partial charge in [-0.2, -0.15) is 5.10 Å². The first-order valence-electron chi connectivity index (χ1n) is 6.66. The fraction of sp³-hybridized carbons (Fsp3) is 0.0714. The molecule has 0 unspecified atom stereocenters. The van der Waals surface area contributed by atoms with Crippen LogP contribution in [0.5, 0.6) is 0 Å². The smallest absolute Gasteiger partial charge is 0.167 e. The first-order chi connectivity index (χ1) is 11.3. The van der Waals surface area contributed by atoms with E-state index in [1.165, 1.54) is 11.5 Å². The quantitative estimate of drug-likeness (QED) is 0.409. The molecule has 4 rings (SSSR count). The van der Waals surface area contributed by atoms with Gasteiger partial charge in [-0.3, -0.25) is 0 Å². The molecule has 0 atom stereocenters. The Morgan fingerprint density at radius 3 is 2.83 bits per heavy atom. The Kier molecular flexibility index (Phi) is 3.94. The lowest BCUT2D eigenvalue weighted by molar-refractivity contribution is 0.893. The molecular weight excluding hydrogens is 352 g/mol. The molecule has 0 aliphatic heterocycles. The topological polar surface area (TPSA) is 69.4 Å². The van der Waals surface area contributed by atoms with Crippen molar-refractivity contribution in [1.29, 1.82) is 0 Å². The van der Waals surface area contributed by atoms with E-state index in [0.717, 1.165) is 27.4 Å². The third-order valence-electron chi connectivity index (χ3n) is 3.19. The molecule has 0 radical (unpaired) electrons. The number of thioether (sulfide) groups is 1. The van der Waals surface area contributed by atoms with Crippen molar-refractivity contribution in [3.63, 3.8) is 0 Å². The van der Waals surface area contributed by atoms with Crippen molar-refractivity contribution < 1.29 is 0 Å². The average Bonchev–Trinajstić information content (AvgIpc) is 3.20. The standard InChI is InChI=1S/C14H9ClN6S2/c15-12-11(19-20-23-12)7-22-14-10-6-18-21(13(10)16-8-17-14)9-4-2-1-3-5-9/h1-6,8H,7H2.